The number of hydrogen-bond donors (Lipinski definition) is 1. The Bertz CT molecular complexity index is 813. The zero-order chi connectivity index (χ0) is 16.1. The number of aryl methyl sites for hydroxylation is 1. The molecule has 2 fully saturated rings. The Morgan fingerprint density at radius 1 is 1.55 bits per heavy atom. The van der Waals surface area contributed by atoms with Crippen LogP contribution >= 0.6 is 35.6 Å². The molecule has 6 nitrogen and oxygen atoms in total. The monoisotopic (exact) mass is 377 g/mol. The Morgan fingerprint density at radius 3 is 2.82 bits per heavy atom. The smallest absolute Gasteiger partial charge is 0.263 e. The number of carbonyl (C=O) groups excluding carboxylic acids is 1. The molecule has 1 unspecified atom stereocenters. The number of halogens is 1. The van der Waals surface area contributed by atoms with Gasteiger partial charge >= 0.3 is 0 Å². The first kappa shape index (κ1) is 16.0. The minimum Gasteiger partial charge on any atom is -0.307 e. The molecule has 0 aromatic carbocycles. The van der Waals surface area contributed by atoms with Crippen molar-refractivity contribution in [1.29, 1.82) is 0 Å². The summed E-state index contributed by atoms with van der Waals surface area (Å²) in [4.78, 5) is 12.2. The molecule has 1 amide bonds. The van der Waals surface area contributed by atoms with Crippen LogP contribution in [0.4, 0.5) is 0 Å². The van der Waals surface area contributed by atoms with Crippen LogP contribution in [0.3, 0.4) is 0 Å². The molecule has 0 aliphatic carbocycles. The number of sulfone groups is 1. The van der Waals surface area contributed by atoms with Gasteiger partial charge in [0.2, 0.25) is 0 Å². The van der Waals surface area contributed by atoms with Crippen molar-refractivity contribution in [2.45, 2.75) is 19.4 Å². The fraction of sp³-hybridized carbons (Fsp3) is 0.417. The molecule has 118 valence electrons. The number of thioether (sulfide) groups is 1. The van der Waals surface area contributed by atoms with E-state index in [1.807, 2.05) is 0 Å². The van der Waals surface area contributed by atoms with Crippen molar-refractivity contribution in [2.24, 2.45) is 0 Å². The summed E-state index contributed by atoms with van der Waals surface area (Å²) in [5, 5.41) is 7.23. The molecular formula is C12H12ClN3O3S3. The number of thiocarbonyl (C=S) groups is 1. The number of aromatic nitrogens is 2. The fourth-order valence-electron chi connectivity index (χ4n) is 2.46. The van der Waals surface area contributed by atoms with Crippen molar-refractivity contribution in [3.8, 4) is 0 Å². The summed E-state index contributed by atoms with van der Waals surface area (Å²) < 4.78 is 25.2. The summed E-state index contributed by atoms with van der Waals surface area (Å²) >= 11 is 12.5. The molecular weight excluding hydrogens is 366 g/mol. The Balaban J connectivity index is 1.96. The van der Waals surface area contributed by atoms with E-state index in [2.05, 4.69) is 10.4 Å². The minimum absolute atomic E-state index is 0.0448. The zero-order valence-corrected chi connectivity index (χ0v) is 14.7. The van der Waals surface area contributed by atoms with Crippen molar-refractivity contribution in [1.82, 2.24) is 15.1 Å². The average Bonchev–Trinajstić information content (AvgIpc) is 3.02. The molecule has 1 aromatic heterocycles. The molecule has 3 heterocycles. The molecule has 1 aromatic rings. The summed E-state index contributed by atoms with van der Waals surface area (Å²) in [5.41, 5.74) is 1.27. The van der Waals surface area contributed by atoms with Gasteiger partial charge in [0.1, 0.15) is 9.47 Å². The van der Waals surface area contributed by atoms with Gasteiger partial charge in [-0.1, -0.05) is 35.6 Å². The summed E-state index contributed by atoms with van der Waals surface area (Å²) in [6.07, 6.45) is 2.14. The van der Waals surface area contributed by atoms with Gasteiger partial charge in [0.15, 0.2) is 9.84 Å². The Hall–Kier alpha value is -0.900. The number of carbonyl (C=O) groups is 1. The van der Waals surface area contributed by atoms with Crippen molar-refractivity contribution in [3.05, 3.63) is 21.3 Å². The number of nitrogens with one attached hydrogen (secondary N) is 1. The third kappa shape index (κ3) is 2.94. The predicted octanol–water partition coefficient (Wildman–Crippen LogP) is 1.69. The molecule has 2 aliphatic heterocycles. The quantitative estimate of drug-likeness (QED) is 0.624. The molecule has 10 heteroatoms. The van der Waals surface area contributed by atoms with Crippen LogP contribution in [-0.2, 0) is 14.6 Å². The van der Waals surface area contributed by atoms with E-state index in [0.717, 1.165) is 0 Å². The van der Waals surface area contributed by atoms with Crippen molar-refractivity contribution >= 4 is 61.7 Å². The van der Waals surface area contributed by atoms with E-state index < -0.39 is 9.84 Å². The van der Waals surface area contributed by atoms with Crippen LogP contribution in [0.2, 0.25) is 5.15 Å². The van der Waals surface area contributed by atoms with E-state index in [-0.39, 0.29) is 23.5 Å². The molecule has 0 spiro atoms. The second-order valence-electron chi connectivity index (χ2n) is 5.14. The lowest BCUT2D eigenvalue weighted by Gasteiger charge is -2.09. The largest absolute Gasteiger partial charge is 0.307 e. The van der Waals surface area contributed by atoms with Gasteiger partial charge in [-0.2, -0.15) is 5.10 Å². The van der Waals surface area contributed by atoms with Gasteiger partial charge in [-0.25, -0.2) is 13.1 Å². The number of hydrogen-bond acceptors (Lipinski definition) is 6. The molecule has 0 saturated carbocycles. The maximum Gasteiger partial charge on any atom is 0.263 e. The van der Waals surface area contributed by atoms with Crippen LogP contribution in [0.5, 0.6) is 0 Å². The van der Waals surface area contributed by atoms with Crippen molar-refractivity contribution in [2.75, 3.05) is 11.5 Å². The topological polar surface area (TPSA) is 81.1 Å². The Labute approximate surface area is 142 Å². The summed E-state index contributed by atoms with van der Waals surface area (Å²) in [6, 6.07) is -0.255. The van der Waals surface area contributed by atoms with E-state index in [1.165, 1.54) is 11.8 Å². The van der Waals surface area contributed by atoms with Gasteiger partial charge in [0.25, 0.3) is 5.91 Å². The van der Waals surface area contributed by atoms with Crippen LogP contribution < -0.4 is 5.32 Å². The molecule has 3 rings (SSSR count). The third-order valence-corrected chi connectivity index (χ3v) is 6.83. The summed E-state index contributed by atoms with van der Waals surface area (Å²) in [7, 11) is -3.02. The summed E-state index contributed by atoms with van der Waals surface area (Å²) in [5.74, 6) is -0.0689. The van der Waals surface area contributed by atoms with Gasteiger partial charge in [0, 0.05) is 5.56 Å². The lowest BCUT2D eigenvalue weighted by Crippen LogP contribution is -2.17. The van der Waals surface area contributed by atoms with Crippen LogP contribution in [0, 0.1) is 6.92 Å². The normalized spacial score (nSPS) is 25.9. The van der Waals surface area contributed by atoms with Crippen LogP contribution in [0.25, 0.3) is 6.08 Å². The zero-order valence-electron chi connectivity index (χ0n) is 11.5. The van der Waals surface area contributed by atoms with Crippen LogP contribution in [0.1, 0.15) is 23.7 Å². The van der Waals surface area contributed by atoms with Gasteiger partial charge in [-0.3, -0.25) is 4.79 Å². The first-order valence-electron chi connectivity index (χ1n) is 6.47. The molecule has 22 heavy (non-hydrogen) atoms. The highest BCUT2D eigenvalue weighted by molar-refractivity contribution is 8.26. The molecule has 1 atom stereocenters. The first-order valence-corrected chi connectivity index (χ1v) is 9.89. The van der Waals surface area contributed by atoms with E-state index >= 15 is 0 Å². The van der Waals surface area contributed by atoms with Gasteiger partial charge in [0.05, 0.1) is 28.1 Å². The van der Waals surface area contributed by atoms with E-state index in [9.17, 15) is 13.2 Å². The number of nitrogens with zero attached hydrogens (tertiary/aromatic N) is 2. The minimum atomic E-state index is -3.02. The lowest BCUT2D eigenvalue weighted by molar-refractivity contribution is -0.115. The third-order valence-electron chi connectivity index (χ3n) is 3.54. The van der Waals surface area contributed by atoms with Crippen molar-refractivity contribution < 1.29 is 13.2 Å². The van der Waals surface area contributed by atoms with Gasteiger partial charge < -0.3 is 5.32 Å². The van der Waals surface area contributed by atoms with Crippen molar-refractivity contribution in [3.63, 3.8) is 0 Å². The lowest BCUT2D eigenvalue weighted by atomic mass is 10.2. The van der Waals surface area contributed by atoms with Crippen LogP contribution in [0.15, 0.2) is 4.91 Å². The average molecular weight is 378 g/mol. The van der Waals surface area contributed by atoms with Gasteiger partial charge in [-0.15, -0.1) is 0 Å². The molecule has 0 bridgehead atoms. The van der Waals surface area contributed by atoms with E-state index in [4.69, 9.17) is 23.8 Å². The van der Waals surface area contributed by atoms with E-state index in [1.54, 1.807) is 17.7 Å². The number of rotatable bonds is 2. The van der Waals surface area contributed by atoms with Crippen LogP contribution in [-0.4, -0.2) is 39.9 Å². The standard InChI is InChI=1S/C12H12ClN3O3S3/c1-6-8(4-9-11(17)14-12(20)21-9)10(13)16(15-6)7-2-3-22(18,19)5-7/h4,7H,2-3,5H2,1H3,(H,14,17,20)/b9-4-. The first-order chi connectivity index (χ1) is 10.3. The van der Waals surface area contributed by atoms with E-state index in [0.29, 0.717) is 32.1 Å². The maximum atomic E-state index is 11.7. The van der Waals surface area contributed by atoms with Gasteiger partial charge in [-0.05, 0) is 19.4 Å². The second-order valence-corrected chi connectivity index (χ2v) is 9.45. The molecule has 0 radical (unpaired) electrons. The Morgan fingerprint density at radius 2 is 2.27 bits per heavy atom. The maximum absolute atomic E-state index is 11.7. The predicted molar refractivity (Wildman–Crippen MR) is 90.6 cm³/mol. The molecule has 1 N–H and O–H groups in total. The SMILES string of the molecule is Cc1nn(C2CCS(=O)(=O)C2)c(Cl)c1/C=C1\SC(=S)NC1=O. The highest BCUT2D eigenvalue weighted by Crippen LogP contribution is 2.33. The number of amides is 1. The fourth-order valence-corrected chi connectivity index (χ4v) is 5.54. The summed E-state index contributed by atoms with van der Waals surface area (Å²) in [6.45, 7) is 1.77. The highest BCUT2D eigenvalue weighted by atomic mass is 35.5. The second kappa shape index (κ2) is 5.63. The Kier molecular flexibility index (Phi) is 4.09. The molecule has 2 saturated heterocycles. The highest BCUT2D eigenvalue weighted by Gasteiger charge is 2.32. The molecule has 2 aliphatic rings.